The number of urea groups is 1. The Bertz CT molecular complexity index is 437. The summed E-state index contributed by atoms with van der Waals surface area (Å²) in [5, 5.41) is 8.93. The fourth-order valence-corrected chi connectivity index (χ4v) is 8.45. The molecule has 0 saturated heterocycles. The molecule has 9 nitrogen and oxygen atoms in total. The number of carbonyl (C=O) groups excluding carboxylic acids is 2. The predicted molar refractivity (Wildman–Crippen MR) is 98.1 cm³/mol. The molecule has 3 amide bonds. The van der Waals surface area contributed by atoms with Crippen molar-refractivity contribution in [3.63, 3.8) is 0 Å². The van der Waals surface area contributed by atoms with Gasteiger partial charge in [0.2, 0.25) is 0 Å². The van der Waals surface area contributed by atoms with Gasteiger partial charge in [-0.15, -0.1) is 0 Å². The summed E-state index contributed by atoms with van der Waals surface area (Å²) < 4.78 is 22.5. The van der Waals surface area contributed by atoms with Gasteiger partial charge in [-0.05, 0) is 46.8 Å². The van der Waals surface area contributed by atoms with E-state index >= 15 is 0 Å². The van der Waals surface area contributed by atoms with Gasteiger partial charge < -0.3 is 23.0 Å². The number of ether oxygens (including phenoxy) is 1. The molecule has 0 saturated carbocycles. The molecular weight excluding hydrogens is 362 g/mol. The van der Waals surface area contributed by atoms with Gasteiger partial charge in [0.1, 0.15) is 0 Å². The van der Waals surface area contributed by atoms with E-state index in [2.05, 4.69) is 39.9 Å². The third-order valence-corrected chi connectivity index (χ3v) is 8.73. The molecule has 0 aliphatic carbocycles. The van der Waals surface area contributed by atoms with E-state index in [4.69, 9.17) is 13.0 Å². The minimum absolute atomic E-state index is 0.179. The van der Waals surface area contributed by atoms with Gasteiger partial charge in [0.25, 0.3) is 0 Å². The summed E-state index contributed by atoms with van der Waals surface area (Å²) in [6, 6.07) is -0.104. The number of hydrogen-bond acceptors (Lipinski definition) is 6. The van der Waals surface area contributed by atoms with Crippen LogP contribution in [0, 0.1) is 0 Å². The number of nitrogens with zero attached hydrogens (tertiary/aromatic N) is 2. The maximum Gasteiger partial charge on any atom is 0.490 e. The fraction of sp³-hybridized carbons (Fsp3) is 0.857. The van der Waals surface area contributed by atoms with Crippen molar-refractivity contribution >= 4 is 29.2 Å². The first-order chi connectivity index (χ1) is 11.7. The molecule has 0 radical (unpaired) electrons. The Hall–Kier alpha value is -1.15. The van der Waals surface area contributed by atoms with Crippen LogP contribution in [0.4, 0.5) is 9.59 Å². The molecule has 0 atom stereocenters. The highest BCUT2D eigenvalue weighted by Gasteiger charge is 2.43. The molecule has 0 aliphatic rings. The molecule has 0 heterocycles. The minimum Gasteiger partial charge on any atom is -0.447 e. The summed E-state index contributed by atoms with van der Waals surface area (Å²) in [5.41, 5.74) is 0. The monoisotopic (exact) mass is 393 g/mol. The van der Waals surface area contributed by atoms with E-state index in [0.717, 1.165) is 0 Å². The summed E-state index contributed by atoms with van der Waals surface area (Å²) in [5.74, 6) is 0. The highest BCUT2D eigenvalue weighted by molar-refractivity contribution is 6.80. The number of rotatable bonds is 11. The molecule has 0 aliphatic heterocycles. The standard InChI is InChI=1S/C14H31N3O6Si2/c1-7-20-14(19)17-16-13(18)15-11-10-12-25(21-8-2,22-9-3)23-24(4,5)6/h7-12H2,1-6H3,(H,15,18)/b17-16+. The van der Waals surface area contributed by atoms with Crippen LogP contribution >= 0.6 is 0 Å². The van der Waals surface area contributed by atoms with Crippen molar-refractivity contribution in [2.24, 2.45) is 10.2 Å². The molecule has 11 heteroatoms. The highest BCUT2D eigenvalue weighted by Crippen LogP contribution is 2.22. The third kappa shape index (κ3) is 11.9. The van der Waals surface area contributed by atoms with Crippen molar-refractivity contribution in [3.8, 4) is 0 Å². The van der Waals surface area contributed by atoms with Crippen LogP contribution in [-0.4, -0.2) is 55.6 Å². The summed E-state index contributed by atoms with van der Waals surface area (Å²) >= 11 is 0. The zero-order valence-electron chi connectivity index (χ0n) is 16.1. The van der Waals surface area contributed by atoms with Crippen LogP contribution in [-0.2, 0) is 17.7 Å². The van der Waals surface area contributed by atoms with Gasteiger partial charge in [0.15, 0.2) is 8.32 Å². The van der Waals surface area contributed by atoms with E-state index in [1.165, 1.54) is 0 Å². The summed E-state index contributed by atoms with van der Waals surface area (Å²) in [6.07, 6.45) is -0.280. The SMILES string of the molecule is CCOC(=O)/N=N/C(=O)NCCC[Si](OCC)(OCC)O[Si](C)(C)C. The smallest absolute Gasteiger partial charge is 0.447 e. The Morgan fingerprint density at radius 1 is 0.960 bits per heavy atom. The van der Waals surface area contributed by atoms with E-state index < -0.39 is 29.2 Å². The van der Waals surface area contributed by atoms with E-state index in [0.29, 0.717) is 32.2 Å². The van der Waals surface area contributed by atoms with Crippen molar-refractivity contribution < 1.29 is 27.3 Å². The van der Waals surface area contributed by atoms with Gasteiger partial charge >= 0.3 is 20.9 Å². The van der Waals surface area contributed by atoms with Crippen LogP contribution in [0.2, 0.25) is 25.7 Å². The molecule has 146 valence electrons. The number of amides is 3. The van der Waals surface area contributed by atoms with Gasteiger partial charge in [-0.25, -0.2) is 9.59 Å². The van der Waals surface area contributed by atoms with Crippen molar-refractivity contribution in [2.75, 3.05) is 26.4 Å². The molecule has 0 aromatic heterocycles. The zero-order valence-corrected chi connectivity index (χ0v) is 18.1. The molecule has 0 fully saturated rings. The highest BCUT2D eigenvalue weighted by atomic mass is 28.5. The van der Waals surface area contributed by atoms with Gasteiger partial charge in [0, 0.05) is 25.8 Å². The molecule has 0 rings (SSSR count). The van der Waals surface area contributed by atoms with Crippen molar-refractivity contribution in [3.05, 3.63) is 0 Å². The first-order valence-corrected chi connectivity index (χ1v) is 13.9. The van der Waals surface area contributed by atoms with Crippen LogP contribution in [0.5, 0.6) is 0 Å². The van der Waals surface area contributed by atoms with Gasteiger partial charge in [-0.3, -0.25) is 0 Å². The van der Waals surface area contributed by atoms with Gasteiger partial charge in [-0.1, -0.05) is 10.2 Å². The average Bonchev–Trinajstić information content (AvgIpc) is 2.49. The van der Waals surface area contributed by atoms with Gasteiger partial charge in [0.05, 0.1) is 6.61 Å². The average molecular weight is 394 g/mol. The topological polar surface area (TPSA) is 108 Å². The summed E-state index contributed by atoms with van der Waals surface area (Å²) in [6.45, 7) is 13.3. The maximum absolute atomic E-state index is 11.5. The Labute approximate surface area is 152 Å². The first kappa shape index (κ1) is 23.9. The zero-order chi connectivity index (χ0) is 19.3. The Kier molecular flexibility index (Phi) is 11.7. The normalized spacial score (nSPS) is 12.4. The molecule has 0 aromatic carbocycles. The Morgan fingerprint density at radius 3 is 2.04 bits per heavy atom. The lowest BCUT2D eigenvalue weighted by Crippen LogP contribution is -2.52. The summed E-state index contributed by atoms with van der Waals surface area (Å²) in [4.78, 5) is 22.5. The maximum atomic E-state index is 11.5. The quantitative estimate of drug-likeness (QED) is 0.327. The second-order valence-corrected chi connectivity index (χ2v) is 13.5. The number of hydrogen-bond donors (Lipinski definition) is 1. The molecular formula is C14H31N3O6Si2. The van der Waals surface area contributed by atoms with Crippen LogP contribution in [0.1, 0.15) is 27.2 Å². The van der Waals surface area contributed by atoms with E-state index in [1.807, 2.05) is 13.8 Å². The van der Waals surface area contributed by atoms with Gasteiger partial charge in [-0.2, -0.15) is 0 Å². The molecule has 0 spiro atoms. The lowest BCUT2D eigenvalue weighted by Gasteiger charge is -2.34. The second-order valence-electron chi connectivity index (χ2n) is 6.00. The number of carbonyl (C=O) groups is 2. The summed E-state index contributed by atoms with van der Waals surface area (Å²) in [7, 11) is -4.61. The third-order valence-electron chi connectivity index (χ3n) is 2.62. The Morgan fingerprint density at radius 2 is 1.56 bits per heavy atom. The van der Waals surface area contributed by atoms with Crippen molar-refractivity contribution in [2.45, 2.75) is 52.9 Å². The second kappa shape index (κ2) is 12.2. The van der Waals surface area contributed by atoms with E-state index in [9.17, 15) is 9.59 Å². The van der Waals surface area contributed by atoms with Crippen LogP contribution in [0.3, 0.4) is 0 Å². The molecule has 0 bridgehead atoms. The van der Waals surface area contributed by atoms with Crippen molar-refractivity contribution in [1.29, 1.82) is 0 Å². The Balaban J connectivity index is 4.50. The lowest BCUT2D eigenvalue weighted by atomic mass is 10.5. The molecule has 0 aromatic rings. The fourth-order valence-electron chi connectivity index (χ4n) is 1.98. The molecule has 0 unspecified atom stereocenters. The van der Waals surface area contributed by atoms with E-state index in [1.54, 1.807) is 6.92 Å². The van der Waals surface area contributed by atoms with Crippen LogP contribution in [0.15, 0.2) is 10.2 Å². The van der Waals surface area contributed by atoms with Crippen LogP contribution < -0.4 is 5.32 Å². The lowest BCUT2D eigenvalue weighted by molar-refractivity contribution is 0.113. The number of azo groups is 1. The number of nitrogens with one attached hydrogen (secondary N) is 1. The predicted octanol–water partition coefficient (Wildman–Crippen LogP) is 3.56. The first-order valence-electron chi connectivity index (χ1n) is 8.52. The largest absolute Gasteiger partial charge is 0.490 e. The van der Waals surface area contributed by atoms with E-state index in [-0.39, 0.29) is 6.61 Å². The molecule has 25 heavy (non-hydrogen) atoms. The molecule has 1 N–H and O–H groups in total. The van der Waals surface area contributed by atoms with Crippen molar-refractivity contribution in [1.82, 2.24) is 5.32 Å². The minimum atomic E-state index is -2.77. The van der Waals surface area contributed by atoms with Crippen LogP contribution in [0.25, 0.3) is 0 Å².